The molecular formula is C20H26N4O2. The fraction of sp³-hybridized carbons (Fsp3) is 0.350. The molecule has 2 unspecified atom stereocenters. The fourth-order valence-corrected chi connectivity index (χ4v) is 3.10. The minimum Gasteiger partial charge on any atom is -0.491 e. The minimum absolute atomic E-state index is 0.0507. The number of amides is 2. The molecule has 0 aliphatic carbocycles. The maximum atomic E-state index is 12.1. The Kier molecular flexibility index (Phi) is 6.09. The van der Waals surface area contributed by atoms with Crippen molar-refractivity contribution in [2.45, 2.75) is 32.0 Å². The maximum Gasteiger partial charge on any atom is 0.315 e. The molecule has 0 radical (unpaired) electrons. The van der Waals surface area contributed by atoms with E-state index >= 15 is 0 Å². The van der Waals surface area contributed by atoms with Gasteiger partial charge in [0.1, 0.15) is 12.4 Å². The average Bonchev–Trinajstić information content (AvgIpc) is 2.98. The van der Waals surface area contributed by atoms with Crippen molar-refractivity contribution >= 4 is 6.03 Å². The van der Waals surface area contributed by atoms with Crippen molar-refractivity contribution in [3.63, 3.8) is 0 Å². The lowest BCUT2D eigenvalue weighted by atomic mass is 10.1. The van der Waals surface area contributed by atoms with Crippen LogP contribution in [0.25, 0.3) is 11.1 Å². The Bertz CT molecular complexity index is 713. The van der Waals surface area contributed by atoms with Crippen LogP contribution in [-0.2, 0) is 0 Å². The molecule has 0 spiro atoms. The zero-order valence-electron chi connectivity index (χ0n) is 15.2. The van der Waals surface area contributed by atoms with Crippen LogP contribution in [0, 0.1) is 0 Å². The molecule has 1 aliphatic heterocycles. The summed E-state index contributed by atoms with van der Waals surface area (Å²) < 4.78 is 5.89. The highest BCUT2D eigenvalue weighted by Gasteiger charge is 2.30. The molecule has 1 aliphatic rings. The fourth-order valence-electron chi connectivity index (χ4n) is 3.10. The van der Waals surface area contributed by atoms with E-state index in [1.807, 2.05) is 56.3 Å². The van der Waals surface area contributed by atoms with E-state index in [0.29, 0.717) is 13.2 Å². The van der Waals surface area contributed by atoms with Crippen molar-refractivity contribution in [1.29, 1.82) is 0 Å². The number of hydrogen-bond acceptors (Lipinski definition) is 4. The molecule has 1 fully saturated rings. The number of rotatable bonds is 6. The van der Waals surface area contributed by atoms with Gasteiger partial charge in [0.05, 0.1) is 12.6 Å². The summed E-state index contributed by atoms with van der Waals surface area (Å²) in [5, 5.41) is 5.83. The van der Waals surface area contributed by atoms with Crippen molar-refractivity contribution in [3.05, 3.63) is 54.6 Å². The van der Waals surface area contributed by atoms with Gasteiger partial charge in [0.2, 0.25) is 0 Å². The first-order valence-corrected chi connectivity index (χ1v) is 8.98. The summed E-state index contributed by atoms with van der Waals surface area (Å²) in [5.74, 6) is 0.812. The highest BCUT2D eigenvalue weighted by atomic mass is 16.5. The van der Waals surface area contributed by atoms with Crippen LogP contribution in [0.15, 0.2) is 54.6 Å². The second-order valence-corrected chi connectivity index (χ2v) is 6.50. The summed E-state index contributed by atoms with van der Waals surface area (Å²) in [6.07, 6.45) is 0. The first kappa shape index (κ1) is 18.2. The van der Waals surface area contributed by atoms with Crippen molar-refractivity contribution in [2.75, 3.05) is 13.2 Å². The van der Waals surface area contributed by atoms with Gasteiger partial charge < -0.3 is 15.4 Å². The van der Waals surface area contributed by atoms with E-state index < -0.39 is 0 Å². The van der Waals surface area contributed by atoms with Gasteiger partial charge in [-0.2, -0.15) is 0 Å². The Morgan fingerprint density at radius 3 is 2.38 bits per heavy atom. The summed E-state index contributed by atoms with van der Waals surface area (Å²) in [6, 6.07) is 18.3. The largest absolute Gasteiger partial charge is 0.491 e. The Labute approximate surface area is 154 Å². The highest BCUT2D eigenvalue weighted by Crippen LogP contribution is 2.29. The number of carbonyl (C=O) groups is 1. The molecule has 3 rings (SSSR count). The molecule has 0 saturated carbocycles. The van der Waals surface area contributed by atoms with Gasteiger partial charge in [-0.3, -0.25) is 10.9 Å². The molecule has 0 bridgehead atoms. The second-order valence-electron chi connectivity index (χ2n) is 6.50. The van der Waals surface area contributed by atoms with E-state index in [4.69, 9.17) is 4.74 Å². The maximum absolute atomic E-state index is 12.1. The number of hydrogen-bond donors (Lipinski definition) is 4. The molecule has 1 saturated heterocycles. The molecule has 2 amide bonds. The lowest BCUT2D eigenvalue weighted by molar-refractivity contribution is 0.231. The Balaban J connectivity index is 1.48. The number of urea groups is 1. The molecular weight excluding hydrogens is 328 g/mol. The molecule has 0 aromatic heterocycles. The molecule has 26 heavy (non-hydrogen) atoms. The lowest BCUT2D eigenvalue weighted by Crippen LogP contribution is -2.50. The van der Waals surface area contributed by atoms with Crippen LogP contribution < -0.4 is 26.2 Å². The SMILES string of the molecule is CC1NNC(C)C1NC(=O)NCCOc1ccccc1-c1ccccc1. The third kappa shape index (κ3) is 4.53. The molecule has 6 heteroatoms. The lowest BCUT2D eigenvalue weighted by Gasteiger charge is -2.20. The van der Waals surface area contributed by atoms with E-state index in [2.05, 4.69) is 33.6 Å². The van der Waals surface area contributed by atoms with Crippen LogP contribution in [0.4, 0.5) is 4.79 Å². The second kappa shape index (κ2) is 8.69. The Morgan fingerprint density at radius 2 is 1.65 bits per heavy atom. The standard InChI is InChI=1S/C20H26N4O2/c1-14-19(15(2)24-23-14)22-20(25)21-12-13-26-18-11-7-6-10-17(18)16-8-4-3-5-9-16/h3-11,14-15,19,23-24H,12-13H2,1-2H3,(H2,21,22,25). The predicted molar refractivity (Wildman–Crippen MR) is 103 cm³/mol. The van der Waals surface area contributed by atoms with Gasteiger partial charge in [0, 0.05) is 17.6 Å². The third-order valence-electron chi connectivity index (χ3n) is 4.53. The first-order valence-electron chi connectivity index (χ1n) is 8.98. The molecule has 138 valence electrons. The predicted octanol–water partition coefficient (Wildman–Crippen LogP) is 2.29. The van der Waals surface area contributed by atoms with Crippen LogP contribution >= 0.6 is 0 Å². The van der Waals surface area contributed by atoms with Gasteiger partial charge in [-0.25, -0.2) is 4.79 Å². The average molecular weight is 354 g/mol. The summed E-state index contributed by atoms with van der Waals surface area (Å²) in [6.45, 7) is 4.91. The summed E-state index contributed by atoms with van der Waals surface area (Å²) >= 11 is 0. The van der Waals surface area contributed by atoms with Crippen molar-refractivity contribution < 1.29 is 9.53 Å². The van der Waals surface area contributed by atoms with Crippen LogP contribution in [-0.4, -0.2) is 37.3 Å². The number of nitrogens with one attached hydrogen (secondary N) is 4. The summed E-state index contributed by atoms with van der Waals surface area (Å²) in [7, 11) is 0. The first-order chi connectivity index (χ1) is 12.6. The van der Waals surface area contributed by atoms with Crippen LogP contribution in [0.5, 0.6) is 5.75 Å². The third-order valence-corrected chi connectivity index (χ3v) is 4.53. The molecule has 2 atom stereocenters. The molecule has 2 aromatic rings. The zero-order valence-corrected chi connectivity index (χ0v) is 15.2. The van der Waals surface area contributed by atoms with Gasteiger partial charge in [0.25, 0.3) is 0 Å². The van der Waals surface area contributed by atoms with Crippen molar-refractivity contribution in [2.24, 2.45) is 0 Å². The normalized spacial score (nSPS) is 22.0. The zero-order chi connectivity index (χ0) is 18.4. The van der Waals surface area contributed by atoms with Crippen LogP contribution in [0.2, 0.25) is 0 Å². The number of para-hydroxylation sites is 1. The van der Waals surface area contributed by atoms with Crippen LogP contribution in [0.3, 0.4) is 0 Å². The Morgan fingerprint density at radius 1 is 1.00 bits per heavy atom. The van der Waals surface area contributed by atoms with Gasteiger partial charge in [0.15, 0.2) is 0 Å². The summed E-state index contributed by atoms with van der Waals surface area (Å²) in [5.41, 5.74) is 8.39. The van der Waals surface area contributed by atoms with E-state index in [-0.39, 0.29) is 24.2 Å². The monoisotopic (exact) mass is 354 g/mol. The van der Waals surface area contributed by atoms with Crippen LogP contribution in [0.1, 0.15) is 13.8 Å². The van der Waals surface area contributed by atoms with E-state index in [1.54, 1.807) is 0 Å². The van der Waals surface area contributed by atoms with Gasteiger partial charge >= 0.3 is 6.03 Å². The Hall–Kier alpha value is -2.57. The number of ether oxygens (including phenoxy) is 1. The van der Waals surface area contributed by atoms with Gasteiger partial charge in [-0.15, -0.1) is 0 Å². The molecule has 2 aromatic carbocycles. The van der Waals surface area contributed by atoms with Gasteiger partial charge in [-0.05, 0) is 25.5 Å². The minimum atomic E-state index is -0.181. The quantitative estimate of drug-likeness (QED) is 0.601. The highest BCUT2D eigenvalue weighted by molar-refractivity contribution is 5.74. The van der Waals surface area contributed by atoms with E-state index in [9.17, 15) is 4.79 Å². The van der Waals surface area contributed by atoms with Crippen molar-refractivity contribution in [1.82, 2.24) is 21.5 Å². The van der Waals surface area contributed by atoms with Gasteiger partial charge in [-0.1, -0.05) is 48.5 Å². The smallest absolute Gasteiger partial charge is 0.315 e. The van der Waals surface area contributed by atoms with Crippen molar-refractivity contribution in [3.8, 4) is 16.9 Å². The number of benzene rings is 2. The molecule has 6 nitrogen and oxygen atoms in total. The topological polar surface area (TPSA) is 74.4 Å². The molecule has 4 N–H and O–H groups in total. The summed E-state index contributed by atoms with van der Waals surface area (Å²) in [4.78, 5) is 12.1. The molecule has 1 heterocycles. The number of carbonyl (C=O) groups excluding carboxylic acids is 1. The number of hydrazine groups is 1. The van der Waals surface area contributed by atoms with E-state index in [0.717, 1.165) is 16.9 Å². The van der Waals surface area contributed by atoms with E-state index in [1.165, 1.54) is 0 Å².